The molecular formula is C19H29N5S. The summed E-state index contributed by atoms with van der Waals surface area (Å²) in [5, 5.41) is 8.88. The smallest absolute Gasteiger partial charge is 0.146 e. The highest BCUT2D eigenvalue weighted by molar-refractivity contribution is 7.98. The van der Waals surface area contributed by atoms with Crippen molar-refractivity contribution in [3.05, 3.63) is 41.5 Å². The number of nitrogens with zero attached hydrogens (tertiary/aromatic N) is 5. The Morgan fingerprint density at radius 3 is 2.40 bits per heavy atom. The van der Waals surface area contributed by atoms with Crippen LogP contribution in [0.25, 0.3) is 0 Å². The van der Waals surface area contributed by atoms with Crippen LogP contribution in [-0.4, -0.2) is 58.0 Å². The first-order valence-corrected chi connectivity index (χ1v) is 10.2. The Morgan fingerprint density at radius 2 is 1.80 bits per heavy atom. The van der Waals surface area contributed by atoms with Gasteiger partial charge in [-0.2, -0.15) is 0 Å². The van der Waals surface area contributed by atoms with Crippen molar-refractivity contribution in [1.82, 2.24) is 24.6 Å². The Morgan fingerprint density at radius 1 is 1.12 bits per heavy atom. The van der Waals surface area contributed by atoms with E-state index < -0.39 is 0 Å². The Labute approximate surface area is 155 Å². The van der Waals surface area contributed by atoms with Crippen LogP contribution in [0.15, 0.2) is 29.2 Å². The molecule has 25 heavy (non-hydrogen) atoms. The van der Waals surface area contributed by atoms with Gasteiger partial charge in [0.25, 0.3) is 0 Å². The van der Waals surface area contributed by atoms with Crippen LogP contribution in [0.4, 0.5) is 0 Å². The molecule has 1 aliphatic heterocycles. The summed E-state index contributed by atoms with van der Waals surface area (Å²) in [6, 6.07) is 8.96. The minimum Gasteiger partial charge on any atom is -0.317 e. The maximum atomic E-state index is 4.49. The van der Waals surface area contributed by atoms with Gasteiger partial charge in [-0.05, 0) is 64.0 Å². The highest BCUT2D eigenvalue weighted by Crippen LogP contribution is 2.28. The van der Waals surface area contributed by atoms with Crippen LogP contribution >= 0.6 is 11.8 Å². The van der Waals surface area contributed by atoms with Crippen molar-refractivity contribution in [1.29, 1.82) is 0 Å². The quantitative estimate of drug-likeness (QED) is 0.741. The van der Waals surface area contributed by atoms with Gasteiger partial charge in [0.1, 0.15) is 11.6 Å². The maximum Gasteiger partial charge on any atom is 0.146 e. The highest BCUT2D eigenvalue weighted by atomic mass is 32.2. The molecule has 6 heteroatoms. The molecule has 0 amide bonds. The zero-order chi connectivity index (χ0) is 17.8. The summed E-state index contributed by atoms with van der Waals surface area (Å²) in [6.07, 6.45) is 4.45. The molecule has 0 bridgehead atoms. The molecule has 0 aliphatic carbocycles. The van der Waals surface area contributed by atoms with E-state index in [0.717, 1.165) is 50.7 Å². The van der Waals surface area contributed by atoms with Crippen LogP contribution in [0.1, 0.15) is 36.0 Å². The molecule has 0 spiro atoms. The van der Waals surface area contributed by atoms with E-state index in [0.29, 0.717) is 5.92 Å². The van der Waals surface area contributed by atoms with Crippen molar-refractivity contribution in [2.45, 2.75) is 36.7 Å². The summed E-state index contributed by atoms with van der Waals surface area (Å²) >= 11 is 1.80. The molecule has 0 radical (unpaired) electrons. The predicted octanol–water partition coefficient (Wildman–Crippen LogP) is 2.98. The molecule has 0 atom stereocenters. The van der Waals surface area contributed by atoms with Gasteiger partial charge in [-0.1, -0.05) is 12.1 Å². The number of likely N-dealkylation sites (tertiary alicyclic amines) is 1. The Bertz CT molecular complexity index is 672. The third kappa shape index (κ3) is 4.63. The lowest BCUT2D eigenvalue weighted by Crippen LogP contribution is -2.33. The van der Waals surface area contributed by atoms with Gasteiger partial charge in [-0.25, -0.2) is 0 Å². The van der Waals surface area contributed by atoms with Crippen LogP contribution in [0.2, 0.25) is 0 Å². The van der Waals surface area contributed by atoms with Crippen LogP contribution in [0.3, 0.4) is 0 Å². The zero-order valence-electron chi connectivity index (χ0n) is 15.8. The number of benzene rings is 1. The van der Waals surface area contributed by atoms with Gasteiger partial charge in [0.2, 0.25) is 0 Å². The van der Waals surface area contributed by atoms with E-state index in [9.17, 15) is 0 Å². The predicted molar refractivity (Wildman–Crippen MR) is 104 cm³/mol. The molecule has 2 heterocycles. The summed E-state index contributed by atoms with van der Waals surface area (Å²) in [5.74, 6) is 2.74. The lowest BCUT2D eigenvalue weighted by molar-refractivity contribution is 0.200. The van der Waals surface area contributed by atoms with Gasteiger partial charge in [0.15, 0.2) is 0 Å². The Hall–Kier alpha value is -1.37. The number of rotatable bonds is 6. The number of aromatic nitrogens is 3. The molecule has 1 aliphatic rings. The van der Waals surface area contributed by atoms with Gasteiger partial charge in [0.05, 0.1) is 6.54 Å². The van der Waals surface area contributed by atoms with Gasteiger partial charge in [0, 0.05) is 24.4 Å². The monoisotopic (exact) mass is 359 g/mol. The second-order valence-corrected chi connectivity index (χ2v) is 8.05. The van der Waals surface area contributed by atoms with Crippen molar-refractivity contribution in [2.75, 3.05) is 33.4 Å². The average molecular weight is 360 g/mol. The van der Waals surface area contributed by atoms with E-state index in [-0.39, 0.29) is 0 Å². The highest BCUT2D eigenvalue weighted by Gasteiger charge is 2.25. The van der Waals surface area contributed by atoms with Crippen LogP contribution in [0.5, 0.6) is 0 Å². The standard InChI is InChI=1S/C19H29N5S/c1-22(2)14-18-20-21-19(23(18)3)16-9-11-24(12-10-16)13-15-5-7-17(25-4)8-6-15/h5-8,16H,9-14H2,1-4H3. The second-order valence-electron chi connectivity index (χ2n) is 7.17. The molecule has 2 aromatic rings. The summed E-state index contributed by atoms with van der Waals surface area (Å²) in [6.45, 7) is 4.15. The Balaban J connectivity index is 1.55. The molecule has 5 nitrogen and oxygen atoms in total. The lowest BCUT2D eigenvalue weighted by Gasteiger charge is -2.31. The van der Waals surface area contributed by atoms with E-state index in [4.69, 9.17) is 0 Å². The number of thioether (sulfide) groups is 1. The largest absolute Gasteiger partial charge is 0.317 e. The molecule has 1 saturated heterocycles. The molecule has 1 fully saturated rings. The van der Waals surface area contributed by atoms with Crippen molar-refractivity contribution >= 4 is 11.8 Å². The zero-order valence-corrected chi connectivity index (χ0v) is 16.6. The van der Waals surface area contributed by atoms with Crippen molar-refractivity contribution < 1.29 is 0 Å². The minimum absolute atomic E-state index is 0.531. The van der Waals surface area contributed by atoms with Crippen LogP contribution in [0, 0.1) is 0 Å². The SMILES string of the molecule is CSc1ccc(CN2CCC(c3nnc(CN(C)C)n3C)CC2)cc1. The molecular weight excluding hydrogens is 330 g/mol. The van der Waals surface area contributed by atoms with Gasteiger partial charge in [-0.15, -0.1) is 22.0 Å². The van der Waals surface area contributed by atoms with Crippen molar-refractivity contribution in [3.8, 4) is 0 Å². The third-order valence-corrected chi connectivity index (χ3v) is 5.72. The van der Waals surface area contributed by atoms with Crippen LogP contribution in [-0.2, 0) is 20.1 Å². The van der Waals surface area contributed by atoms with Crippen molar-refractivity contribution in [2.24, 2.45) is 7.05 Å². The number of hydrogen-bond donors (Lipinski definition) is 0. The third-order valence-electron chi connectivity index (χ3n) is 4.97. The van der Waals surface area contributed by atoms with Gasteiger partial charge in [-0.3, -0.25) is 4.90 Å². The molecule has 136 valence electrons. The van der Waals surface area contributed by atoms with Crippen molar-refractivity contribution in [3.63, 3.8) is 0 Å². The molecule has 1 aromatic carbocycles. The molecule has 0 unspecified atom stereocenters. The molecule has 1 aromatic heterocycles. The molecule has 3 rings (SSSR count). The van der Waals surface area contributed by atoms with E-state index >= 15 is 0 Å². The molecule has 0 N–H and O–H groups in total. The number of hydrogen-bond acceptors (Lipinski definition) is 5. The van der Waals surface area contributed by atoms with E-state index in [1.54, 1.807) is 11.8 Å². The number of piperidine rings is 1. The average Bonchev–Trinajstić information content (AvgIpc) is 2.96. The summed E-state index contributed by atoms with van der Waals surface area (Å²) in [5.41, 5.74) is 1.41. The summed E-state index contributed by atoms with van der Waals surface area (Å²) in [4.78, 5) is 6.03. The van der Waals surface area contributed by atoms with Gasteiger partial charge < -0.3 is 9.47 Å². The fourth-order valence-electron chi connectivity index (χ4n) is 3.49. The maximum absolute atomic E-state index is 4.49. The Kier molecular flexibility index (Phi) is 6.15. The van der Waals surface area contributed by atoms with Crippen LogP contribution < -0.4 is 0 Å². The van der Waals surface area contributed by atoms with E-state index in [1.165, 1.54) is 10.5 Å². The fourth-order valence-corrected chi connectivity index (χ4v) is 3.90. The van der Waals surface area contributed by atoms with Gasteiger partial charge >= 0.3 is 0 Å². The second kappa shape index (κ2) is 8.34. The fraction of sp³-hybridized carbons (Fsp3) is 0.579. The first-order chi connectivity index (χ1) is 12.1. The summed E-state index contributed by atoms with van der Waals surface area (Å²) < 4.78 is 2.20. The normalized spacial score (nSPS) is 16.7. The first-order valence-electron chi connectivity index (χ1n) is 8.95. The van der Waals surface area contributed by atoms with E-state index in [2.05, 4.69) is 76.2 Å². The summed E-state index contributed by atoms with van der Waals surface area (Å²) in [7, 11) is 6.24. The first kappa shape index (κ1) is 18.4. The topological polar surface area (TPSA) is 37.2 Å². The van der Waals surface area contributed by atoms with E-state index in [1.807, 2.05) is 0 Å². The minimum atomic E-state index is 0.531. The lowest BCUT2D eigenvalue weighted by atomic mass is 9.95. The molecule has 0 saturated carbocycles.